The van der Waals surface area contributed by atoms with Crippen LogP contribution >= 0.6 is 0 Å². The van der Waals surface area contributed by atoms with Gasteiger partial charge in [0.1, 0.15) is 5.75 Å². The van der Waals surface area contributed by atoms with Crippen LogP contribution in [-0.4, -0.2) is 85.8 Å². The van der Waals surface area contributed by atoms with E-state index in [1.54, 1.807) is 60.6 Å². The van der Waals surface area contributed by atoms with Crippen molar-refractivity contribution >= 4 is 21.6 Å². The number of fused-ring (bicyclic) bond motifs is 1. The van der Waals surface area contributed by atoms with Crippen LogP contribution in [0.15, 0.2) is 71.9 Å². The highest BCUT2D eigenvalue weighted by molar-refractivity contribution is 7.92. The highest BCUT2D eigenvalue weighted by Gasteiger charge is 2.30. The molecule has 0 radical (unpaired) electrons. The van der Waals surface area contributed by atoms with Crippen LogP contribution in [0.2, 0.25) is 0 Å². The van der Waals surface area contributed by atoms with Gasteiger partial charge in [-0.05, 0) is 95.1 Å². The van der Waals surface area contributed by atoms with Crippen molar-refractivity contribution in [2.24, 2.45) is 5.92 Å². The minimum Gasteiger partial charge on any atom is -0.490 e. The van der Waals surface area contributed by atoms with E-state index in [2.05, 4.69) is 28.6 Å². The number of carbonyl (C=O) groups excluding carboxylic acids is 1. The van der Waals surface area contributed by atoms with Crippen LogP contribution in [0.5, 0.6) is 5.75 Å². The zero-order valence-corrected chi connectivity index (χ0v) is 28.4. The number of aliphatic hydroxyl groups is 1. The number of aryl methyl sites for hydroxylation is 1. The van der Waals surface area contributed by atoms with E-state index < -0.39 is 16.1 Å². The van der Waals surface area contributed by atoms with Crippen molar-refractivity contribution in [3.05, 3.63) is 83.7 Å². The predicted molar refractivity (Wildman–Crippen MR) is 179 cm³/mol. The van der Waals surface area contributed by atoms with E-state index in [9.17, 15) is 18.3 Å². The Morgan fingerprint density at radius 2 is 1.80 bits per heavy atom. The second-order valence-electron chi connectivity index (χ2n) is 12.5. The van der Waals surface area contributed by atoms with Crippen LogP contribution in [0.25, 0.3) is 0 Å². The molecule has 46 heavy (non-hydrogen) atoms. The van der Waals surface area contributed by atoms with Crippen molar-refractivity contribution in [2.75, 3.05) is 38.1 Å². The lowest BCUT2D eigenvalue weighted by Gasteiger charge is -2.36. The lowest BCUT2D eigenvalue weighted by atomic mass is 10.0. The molecule has 2 heterocycles. The van der Waals surface area contributed by atoms with Gasteiger partial charge in [-0.25, -0.2) is 8.42 Å². The molecule has 3 aromatic rings. The third kappa shape index (κ3) is 9.75. The molecule has 0 saturated heterocycles. The van der Waals surface area contributed by atoms with E-state index in [1.807, 2.05) is 26.0 Å². The zero-order valence-electron chi connectivity index (χ0n) is 27.6. The van der Waals surface area contributed by atoms with Gasteiger partial charge in [0.2, 0.25) is 0 Å². The molecule has 1 amide bonds. The van der Waals surface area contributed by atoms with Crippen LogP contribution in [-0.2, 0) is 21.3 Å². The zero-order chi connectivity index (χ0) is 33.3. The summed E-state index contributed by atoms with van der Waals surface area (Å²) in [6.07, 6.45) is 5.73. The van der Waals surface area contributed by atoms with Gasteiger partial charge in [0, 0.05) is 50.2 Å². The highest BCUT2D eigenvalue weighted by Crippen LogP contribution is 2.29. The maximum atomic E-state index is 14.4. The van der Waals surface area contributed by atoms with Gasteiger partial charge in [-0.15, -0.1) is 0 Å². The molecule has 1 aliphatic rings. The number of aromatic nitrogens is 1. The van der Waals surface area contributed by atoms with E-state index in [4.69, 9.17) is 9.47 Å². The van der Waals surface area contributed by atoms with Crippen LogP contribution in [0.4, 0.5) is 5.69 Å². The highest BCUT2D eigenvalue weighted by atomic mass is 32.2. The number of hydrogen-bond acceptors (Lipinski definition) is 8. The van der Waals surface area contributed by atoms with Gasteiger partial charge in [-0.1, -0.05) is 24.6 Å². The fraction of sp³-hybridized carbons (Fsp3) is 0.486. The molecule has 4 rings (SSSR count). The summed E-state index contributed by atoms with van der Waals surface area (Å²) in [4.78, 5) is 22.4. The minimum atomic E-state index is -3.90. The summed E-state index contributed by atoms with van der Waals surface area (Å²) in [7, 11) is -1.85. The second kappa shape index (κ2) is 16.4. The molecule has 2 aromatic carbocycles. The van der Waals surface area contributed by atoms with Crippen LogP contribution in [0.3, 0.4) is 0 Å². The molecule has 1 aliphatic heterocycles. The standard InChI is InChI=1S/C35H48N4O6S/c1-25-9-12-31(13-10-25)46(42,43)37-30-11-14-33-32(20-30)35(41)39(27(3)24-40)21-26(2)34(44-19-7-6-8-28(4)45-33)23-38(5)22-29-15-17-36-18-16-29/h9-18,20,26-28,34,37,40H,6-8,19,21-24H2,1-5H3/t26-,27+,28-,34+/m0/s1. The van der Waals surface area contributed by atoms with Gasteiger partial charge in [0.05, 0.1) is 35.3 Å². The molecule has 1 aromatic heterocycles. The monoisotopic (exact) mass is 652 g/mol. The molecule has 10 nitrogen and oxygen atoms in total. The van der Waals surface area contributed by atoms with Crippen LogP contribution < -0.4 is 9.46 Å². The van der Waals surface area contributed by atoms with Crippen molar-refractivity contribution in [3.8, 4) is 5.75 Å². The average Bonchev–Trinajstić information content (AvgIpc) is 3.03. The average molecular weight is 653 g/mol. The molecule has 4 atom stereocenters. The van der Waals surface area contributed by atoms with Gasteiger partial charge >= 0.3 is 0 Å². The summed E-state index contributed by atoms with van der Waals surface area (Å²) < 4.78 is 41.8. The van der Waals surface area contributed by atoms with E-state index in [-0.39, 0.29) is 46.8 Å². The number of sulfonamides is 1. The number of aliphatic hydroxyl groups excluding tert-OH is 1. The topological polar surface area (TPSA) is 121 Å². The molecule has 0 bridgehead atoms. The lowest BCUT2D eigenvalue weighted by molar-refractivity contribution is -0.0177. The number of amides is 1. The van der Waals surface area contributed by atoms with E-state index in [0.717, 1.165) is 36.9 Å². The Balaban J connectivity index is 1.64. The summed E-state index contributed by atoms with van der Waals surface area (Å²) in [5.74, 6) is -0.0549. The number of nitrogens with one attached hydrogen (secondary N) is 1. The van der Waals surface area contributed by atoms with Gasteiger partial charge in [-0.3, -0.25) is 19.4 Å². The summed E-state index contributed by atoms with van der Waals surface area (Å²) >= 11 is 0. The molecule has 0 saturated carbocycles. The van der Waals surface area contributed by atoms with Crippen molar-refractivity contribution < 1.29 is 27.8 Å². The lowest BCUT2D eigenvalue weighted by Crippen LogP contribution is -2.47. The smallest absolute Gasteiger partial charge is 0.261 e. The molecular formula is C35H48N4O6S. The van der Waals surface area contributed by atoms with Crippen molar-refractivity contribution in [1.82, 2.24) is 14.8 Å². The molecule has 0 aliphatic carbocycles. The maximum absolute atomic E-state index is 14.4. The SMILES string of the molecule is Cc1ccc(S(=O)(=O)Nc2ccc3c(c2)C(=O)N([C@H](C)CO)C[C@H](C)[C@@H](CN(C)Cc2ccncc2)OCCCC[C@H](C)O3)cc1. The fourth-order valence-electron chi connectivity index (χ4n) is 5.55. The molecule has 250 valence electrons. The first-order valence-corrected chi connectivity index (χ1v) is 17.5. The third-order valence-corrected chi connectivity index (χ3v) is 9.73. The van der Waals surface area contributed by atoms with Crippen LogP contribution in [0, 0.1) is 12.8 Å². The summed E-state index contributed by atoms with van der Waals surface area (Å²) in [5.41, 5.74) is 2.57. The molecule has 0 spiro atoms. The summed E-state index contributed by atoms with van der Waals surface area (Å²) in [5, 5.41) is 10.2. The van der Waals surface area contributed by atoms with Gasteiger partial charge in [0.15, 0.2) is 0 Å². The maximum Gasteiger partial charge on any atom is 0.261 e. The van der Waals surface area contributed by atoms with Gasteiger partial charge in [0.25, 0.3) is 15.9 Å². The Morgan fingerprint density at radius 3 is 2.50 bits per heavy atom. The molecule has 11 heteroatoms. The molecule has 2 N–H and O–H groups in total. The van der Waals surface area contributed by atoms with E-state index in [0.29, 0.717) is 25.4 Å². The Labute approximate surface area is 273 Å². The first-order chi connectivity index (χ1) is 22.0. The number of hydrogen-bond donors (Lipinski definition) is 2. The van der Waals surface area contributed by atoms with E-state index in [1.165, 1.54) is 6.07 Å². The van der Waals surface area contributed by atoms with Gasteiger partial charge < -0.3 is 19.5 Å². The number of carbonyl (C=O) groups is 1. The van der Waals surface area contributed by atoms with E-state index >= 15 is 0 Å². The number of rotatable bonds is 9. The molecule has 0 unspecified atom stereocenters. The number of benzene rings is 2. The molecule has 0 fully saturated rings. The number of likely N-dealkylation sites (N-methyl/N-ethyl adjacent to an activating group) is 1. The normalized spacial score (nSPS) is 20.8. The van der Waals surface area contributed by atoms with Crippen molar-refractivity contribution in [2.45, 2.75) is 76.6 Å². The predicted octanol–water partition coefficient (Wildman–Crippen LogP) is 5.12. The number of nitrogens with zero attached hydrogens (tertiary/aromatic N) is 3. The van der Waals surface area contributed by atoms with Crippen molar-refractivity contribution in [3.63, 3.8) is 0 Å². The summed E-state index contributed by atoms with van der Waals surface area (Å²) in [6, 6.07) is 14.8. The number of anilines is 1. The first-order valence-electron chi connectivity index (χ1n) is 16.0. The Morgan fingerprint density at radius 1 is 1.09 bits per heavy atom. The number of ether oxygens (including phenoxy) is 2. The summed E-state index contributed by atoms with van der Waals surface area (Å²) in [6.45, 7) is 9.77. The quantitative estimate of drug-likeness (QED) is 0.327. The number of pyridine rings is 1. The fourth-order valence-corrected chi connectivity index (χ4v) is 6.60. The second-order valence-corrected chi connectivity index (χ2v) is 14.2. The van der Waals surface area contributed by atoms with Crippen molar-refractivity contribution in [1.29, 1.82) is 0 Å². The Bertz CT molecular complexity index is 1520. The Kier molecular flexibility index (Phi) is 12.6. The van der Waals surface area contributed by atoms with Gasteiger partial charge in [-0.2, -0.15) is 0 Å². The Hall–Kier alpha value is -3.51. The largest absolute Gasteiger partial charge is 0.490 e. The molecular weight excluding hydrogens is 604 g/mol. The minimum absolute atomic E-state index is 0.0766. The first kappa shape index (κ1) is 35.3. The van der Waals surface area contributed by atoms with Crippen LogP contribution in [0.1, 0.15) is 61.5 Å². The third-order valence-electron chi connectivity index (χ3n) is 8.33.